The molecule has 1 heterocycles. The molecule has 0 spiro atoms. The summed E-state index contributed by atoms with van der Waals surface area (Å²) in [5, 5.41) is 2.84. The van der Waals surface area contributed by atoms with Gasteiger partial charge in [0.1, 0.15) is 11.6 Å². The summed E-state index contributed by atoms with van der Waals surface area (Å²) in [7, 11) is -3.50. The van der Waals surface area contributed by atoms with Gasteiger partial charge in [-0.1, -0.05) is 24.3 Å². The fourth-order valence-electron chi connectivity index (χ4n) is 3.00. The van der Waals surface area contributed by atoms with Crippen LogP contribution in [-0.4, -0.2) is 33.2 Å². The van der Waals surface area contributed by atoms with Gasteiger partial charge in [-0.05, 0) is 36.8 Å². The zero-order valence-electron chi connectivity index (χ0n) is 15.1. The van der Waals surface area contributed by atoms with Crippen LogP contribution in [0.15, 0.2) is 48.5 Å². The second-order valence-corrected chi connectivity index (χ2v) is 8.39. The van der Waals surface area contributed by atoms with Crippen molar-refractivity contribution in [1.82, 2.24) is 5.32 Å². The minimum atomic E-state index is -3.50. The zero-order chi connectivity index (χ0) is 19.6. The number of para-hydroxylation sites is 2. The summed E-state index contributed by atoms with van der Waals surface area (Å²) in [5.74, 6) is -0.353. The summed E-state index contributed by atoms with van der Waals surface area (Å²) in [4.78, 5) is 12.7. The highest BCUT2D eigenvalue weighted by molar-refractivity contribution is 7.92. The lowest BCUT2D eigenvalue weighted by molar-refractivity contribution is -0.128. The van der Waals surface area contributed by atoms with Gasteiger partial charge in [0.25, 0.3) is 5.91 Å². The number of benzene rings is 2. The Morgan fingerprint density at radius 3 is 2.56 bits per heavy atom. The summed E-state index contributed by atoms with van der Waals surface area (Å²) in [5.41, 5.74) is 1.18. The van der Waals surface area contributed by atoms with E-state index in [0.29, 0.717) is 11.4 Å². The van der Waals surface area contributed by atoms with E-state index in [1.54, 1.807) is 43.3 Å². The fourth-order valence-corrected chi connectivity index (χ4v) is 3.95. The molecule has 0 bridgehead atoms. The van der Waals surface area contributed by atoms with Crippen molar-refractivity contribution in [1.29, 1.82) is 0 Å². The highest BCUT2D eigenvalue weighted by atomic mass is 32.2. The Morgan fingerprint density at radius 1 is 1.22 bits per heavy atom. The molecule has 0 aliphatic carbocycles. The maximum absolute atomic E-state index is 13.1. The number of hydrogen-bond donors (Lipinski definition) is 1. The number of anilines is 1. The predicted octanol–water partition coefficient (Wildman–Crippen LogP) is 2.62. The lowest BCUT2D eigenvalue weighted by Crippen LogP contribution is -2.40. The molecule has 27 heavy (non-hydrogen) atoms. The number of amides is 1. The van der Waals surface area contributed by atoms with Gasteiger partial charge in [-0.3, -0.25) is 9.10 Å². The molecule has 0 fully saturated rings. The monoisotopic (exact) mass is 392 g/mol. The number of rotatable bonds is 4. The second-order valence-electron chi connectivity index (χ2n) is 6.48. The van der Waals surface area contributed by atoms with Gasteiger partial charge >= 0.3 is 0 Å². The minimum Gasteiger partial charge on any atom is -0.478 e. The number of carbonyl (C=O) groups is 1. The highest BCUT2D eigenvalue weighted by Gasteiger charge is 2.31. The molecule has 0 saturated heterocycles. The van der Waals surface area contributed by atoms with Gasteiger partial charge in [0, 0.05) is 13.0 Å². The first-order valence-electron chi connectivity index (χ1n) is 8.55. The third kappa shape index (κ3) is 4.39. The molecule has 144 valence electrons. The van der Waals surface area contributed by atoms with Gasteiger partial charge in [0.15, 0.2) is 6.10 Å². The maximum Gasteiger partial charge on any atom is 0.261 e. The average Bonchev–Trinajstić information content (AvgIpc) is 2.81. The Bertz CT molecular complexity index is 931. The van der Waals surface area contributed by atoms with Crippen LogP contribution >= 0.6 is 0 Å². The lowest BCUT2D eigenvalue weighted by Gasteiger charge is -2.20. The van der Waals surface area contributed by atoms with Crippen molar-refractivity contribution in [2.75, 3.05) is 17.1 Å². The Balaban J connectivity index is 1.78. The first-order valence-corrected chi connectivity index (χ1v) is 10.4. The Labute approximate surface area is 158 Å². The molecule has 0 saturated carbocycles. The third-order valence-corrected chi connectivity index (χ3v) is 5.60. The van der Waals surface area contributed by atoms with Crippen molar-refractivity contribution in [3.05, 3.63) is 59.9 Å². The number of fused-ring (bicyclic) bond motifs is 1. The van der Waals surface area contributed by atoms with E-state index >= 15 is 0 Å². The molecule has 2 atom stereocenters. The van der Waals surface area contributed by atoms with Crippen LogP contribution in [0.5, 0.6) is 5.75 Å². The molecule has 2 aromatic carbocycles. The van der Waals surface area contributed by atoms with Crippen molar-refractivity contribution in [3.8, 4) is 5.75 Å². The highest BCUT2D eigenvalue weighted by Crippen LogP contribution is 2.33. The van der Waals surface area contributed by atoms with Crippen molar-refractivity contribution >= 4 is 21.6 Å². The minimum absolute atomic E-state index is 0.138. The molecule has 6 nitrogen and oxygen atoms in total. The van der Waals surface area contributed by atoms with E-state index in [1.807, 2.05) is 0 Å². The number of nitrogens with one attached hydrogen (secondary N) is 1. The largest absolute Gasteiger partial charge is 0.478 e. The molecule has 8 heteroatoms. The molecule has 1 N–H and O–H groups in total. The number of sulfonamides is 1. The van der Waals surface area contributed by atoms with Gasteiger partial charge in [0.2, 0.25) is 10.0 Å². The normalized spacial score (nSPS) is 18.0. The standard InChI is InChI=1S/C19H21FN2O4S/c1-13(14-7-9-15(20)10-8-14)21-19(23)18-11-12-22(27(2,24)25)16-5-3-4-6-17(16)26-18/h3-10,13,18H,11-12H2,1-2H3,(H,21,23). The van der Waals surface area contributed by atoms with Crippen molar-refractivity contribution in [2.45, 2.75) is 25.5 Å². The first kappa shape index (κ1) is 19.2. The van der Waals surface area contributed by atoms with Crippen LogP contribution in [0, 0.1) is 5.82 Å². The molecule has 0 aromatic heterocycles. The summed E-state index contributed by atoms with van der Waals surface area (Å²) in [6.45, 7) is 1.93. The van der Waals surface area contributed by atoms with Crippen molar-refractivity contribution in [2.24, 2.45) is 0 Å². The van der Waals surface area contributed by atoms with Crippen LogP contribution < -0.4 is 14.4 Å². The number of halogens is 1. The zero-order valence-corrected chi connectivity index (χ0v) is 15.9. The van der Waals surface area contributed by atoms with Crippen molar-refractivity contribution < 1.29 is 22.3 Å². The SMILES string of the molecule is CC(NC(=O)C1CCN(S(C)(=O)=O)c2ccccc2O1)c1ccc(F)cc1. The summed E-state index contributed by atoms with van der Waals surface area (Å²) >= 11 is 0. The Hall–Kier alpha value is -2.61. The molecule has 2 aromatic rings. The molecule has 1 aliphatic rings. The maximum atomic E-state index is 13.1. The van der Waals surface area contributed by atoms with E-state index in [1.165, 1.54) is 16.4 Å². The summed E-state index contributed by atoms with van der Waals surface area (Å²) in [6, 6.07) is 12.3. The predicted molar refractivity (Wildman–Crippen MR) is 101 cm³/mol. The van der Waals surface area contributed by atoms with E-state index in [-0.39, 0.29) is 30.7 Å². The number of nitrogens with zero attached hydrogens (tertiary/aromatic N) is 1. The molecular weight excluding hydrogens is 371 g/mol. The van der Waals surface area contributed by atoms with Crippen LogP contribution in [0.4, 0.5) is 10.1 Å². The second kappa shape index (κ2) is 7.56. The molecule has 3 rings (SSSR count). The molecule has 2 unspecified atom stereocenters. The molecule has 1 amide bonds. The number of carbonyl (C=O) groups excluding carboxylic acids is 1. The van der Waals surface area contributed by atoms with Gasteiger partial charge < -0.3 is 10.1 Å². The van der Waals surface area contributed by atoms with E-state index in [2.05, 4.69) is 5.32 Å². The van der Waals surface area contributed by atoms with Crippen LogP contribution in [0.1, 0.15) is 24.9 Å². The summed E-state index contributed by atoms with van der Waals surface area (Å²) < 4.78 is 44.3. The Kier molecular flexibility index (Phi) is 5.36. The molecule has 1 aliphatic heterocycles. The van der Waals surface area contributed by atoms with Crippen LogP contribution in [0.3, 0.4) is 0 Å². The molecular formula is C19H21FN2O4S. The summed E-state index contributed by atoms with van der Waals surface area (Å²) in [6.07, 6.45) is 0.505. The van der Waals surface area contributed by atoms with E-state index in [0.717, 1.165) is 11.8 Å². The van der Waals surface area contributed by atoms with Gasteiger partial charge in [-0.2, -0.15) is 0 Å². The van der Waals surface area contributed by atoms with Crippen LogP contribution in [0.25, 0.3) is 0 Å². The number of hydrogen-bond acceptors (Lipinski definition) is 4. The average molecular weight is 392 g/mol. The lowest BCUT2D eigenvalue weighted by atomic mass is 10.1. The van der Waals surface area contributed by atoms with Crippen molar-refractivity contribution in [3.63, 3.8) is 0 Å². The topological polar surface area (TPSA) is 75.7 Å². The third-order valence-electron chi connectivity index (χ3n) is 4.42. The van der Waals surface area contributed by atoms with Gasteiger partial charge in [-0.25, -0.2) is 12.8 Å². The van der Waals surface area contributed by atoms with E-state index < -0.39 is 16.1 Å². The van der Waals surface area contributed by atoms with Gasteiger partial charge in [0.05, 0.1) is 18.0 Å². The quantitative estimate of drug-likeness (QED) is 0.868. The fraction of sp³-hybridized carbons (Fsp3) is 0.316. The van der Waals surface area contributed by atoms with E-state index in [9.17, 15) is 17.6 Å². The first-order chi connectivity index (χ1) is 12.8. The van der Waals surface area contributed by atoms with Crippen LogP contribution in [0.2, 0.25) is 0 Å². The smallest absolute Gasteiger partial charge is 0.261 e. The van der Waals surface area contributed by atoms with Gasteiger partial charge in [-0.15, -0.1) is 0 Å². The number of ether oxygens (including phenoxy) is 1. The molecule has 0 radical (unpaired) electrons. The van der Waals surface area contributed by atoms with Crippen LogP contribution in [-0.2, 0) is 14.8 Å². The van der Waals surface area contributed by atoms with E-state index in [4.69, 9.17) is 4.74 Å². The Morgan fingerprint density at radius 2 is 1.89 bits per heavy atom.